The van der Waals surface area contributed by atoms with Crippen LogP contribution in [0.3, 0.4) is 0 Å². The van der Waals surface area contributed by atoms with Crippen molar-refractivity contribution in [1.29, 1.82) is 0 Å². The summed E-state index contributed by atoms with van der Waals surface area (Å²) in [7, 11) is 0. The quantitative estimate of drug-likeness (QED) is 0.453. The van der Waals surface area contributed by atoms with Crippen LogP contribution in [0.25, 0.3) is 0 Å². The van der Waals surface area contributed by atoms with E-state index in [1.165, 1.54) is 39.5 Å². The van der Waals surface area contributed by atoms with Crippen LogP contribution >= 0.6 is 0 Å². The van der Waals surface area contributed by atoms with Crippen molar-refractivity contribution in [3.8, 4) is 0 Å². The van der Waals surface area contributed by atoms with Gasteiger partial charge in [-0.3, -0.25) is 9.59 Å². The zero-order valence-corrected chi connectivity index (χ0v) is 13.8. The lowest BCUT2D eigenvalue weighted by atomic mass is 9.81. The SMILES string of the molecule is C=C(C)[C@@H]1C(C(OC(C)=O)OC(C)=O)C[C@H]2CC3(CC3)C[C@H]21. The summed E-state index contributed by atoms with van der Waals surface area (Å²) >= 11 is 0. The third kappa shape index (κ3) is 2.80. The molecule has 3 saturated carbocycles. The highest BCUT2D eigenvalue weighted by Gasteiger charge is 2.60. The maximum Gasteiger partial charge on any atom is 0.305 e. The van der Waals surface area contributed by atoms with Gasteiger partial charge < -0.3 is 9.47 Å². The molecule has 1 spiro atoms. The molecule has 0 N–H and O–H groups in total. The van der Waals surface area contributed by atoms with Gasteiger partial charge in [-0.1, -0.05) is 12.2 Å². The third-order valence-corrected chi connectivity index (χ3v) is 5.91. The van der Waals surface area contributed by atoms with Crippen molar-refractivity contribution in [2.45, 2.75) is 59.2 Å². The summed E-state index contributed by atoms with van der Waals surface area (Å²) in [4.78, 5) is 22.8. The van der Waals surface area contributed by atoms with E-state index in [4.69, 9.17) is 9.47 Å². The second kappa shape index (κ2) is 5.39. The fourth-order valence-corrected chi connectivity index (χ4v) is 5.07. The largest absolute Gasteiger partial charge is 0.425 e. The highest BCUT2D eigenvalue weighted by atomic mass is 16.7. The fourth-order valence-electron chi connectivity index (χ4n) is 5.07. The predicted molar refractivity (Wildman–Crippen MR) is 81.6 cm³/mol. The lowest BCUT2D eigenvalue weighted by Gasteiger charge is -2.30. The molecule has 0 heterocycles. The van der Waals surface area contributed by atoms with Crippen molar-refractivity contribution in [3.05, 3.63) is 12.2 Å². The van der Waals surface area contributed by atoms with E-state index >= 15 is 0 Å². The Bertz CT molecular complexity index is 489. The van der Waals surface area contributed by atoms with Gasteiger partial charge in [0, 0.05) is 19.8 Å². The normalized spacial score (nSPS) is 34.5. The molecule has 0 radical (unpaired) electrons. The van der Waals surface area contributed by atoms with Gasteiger partial charge in [-0.05, 0) is 62.2 Å². The van der Waals surface area contributed by atoms with Crippen LogP contribution in [0.1, 0.15) is 52.9 Å². The topological polar surface area (TPSA) is 52.6 Å². The lowest BCUT2D eigenvalue weighted by molar-refractivity contribution is -0.197. The van der Waals surface area contributed by atoms with E-state index in [1.54, 1.807) is 0 Å². The fraction of sp³-hybridized carbons (Fsp3) is 0.778. The summed E-state index contributed by atoms with van der Waals surface area (Å²) < 4.78 is 10.7. The van der Waals surface area contributed by atoms with Gasteiger partial charge in [-0.25, -0.2) is 0 Å². The molecule has 122 valence electrons. The molecule has 3 aliphatic carbocycles. The zero-order chi connectivity index (χ0) is 16.1. The van der Waals surface area contributed by atoms with E-state index in [2.05, 4.69) is 13.5 Å². The summed E-state index contributed by atoms with van der Waals surface area (Å²) in [6.07, 6.45) is 5.48. The molecule has 0 aromatic carbocycles. The Balaban J connectivity index is 1.80. The molecule has 4 nitrogen and oxygen atoms in total. The maximum absolute atomic E-state index is 11.4. The monoisotopic (exact) mass is 306 g/mol. The van der Waals surface area contributed by atoms with Crippen LogP contribution in [0, 0.1) is 29.1 Å². The highest BCUT2D eigenvalue weighted by Crippen LogP contribution is 2.68. The van der Waals surface area contributed by atoms with Gasteiger partial charge in [-0.15, -0.1) is 0 Å². The number of esters is 2. The van der Waals surface area contributed by atoms with Gasteiger partial charge in [-0.2, -0.15) is 0 Å². The second-order valence-electron chi connectivity index (χ2n) is 7.69. The Morgan fingerprint density at radius 2 is 1.68 bits per heavy atom. The van der Waals surface area contributed by atoms with Gasteiger partial charge in [0.25, 0.3) is 6.29 Å². The molecule has 22 heavy (non-hydrogen) atoms. The van der Waals surface area contributed by atoms with Crippen LogP contribution in [-0.4, -0.2) is 18.2 Å². The Morgan fingerprint density at radius 1 is 1.09 bits per heavy atom. The first-order chi connectivity index (χ1) is 10.3. The van der Waals surface area contributed by atoms with Crippen LogP contribution in [0.15, 0.2) is 12.2 Å². The van der Waals surface area contributed by atoms with E-state index in [9.17, 15) is 9.59 Å². The van der Waals surface area contributed by atoms with E-state index in [-0.39, 0.29) is 11.8 Å². The summed E-state index contributed by atoms with van der Waals surface area (Å²) in [5, 5.41) is 0. The minimum absolute atomic E-state index is 0.0522. The van der Waals surface area contributed by atoms with E-state index in [0.29, 0.717) is 17.3 Å². The highest BCUT2D eigenvalue weighted by molar-refractivity contribution is 5.68. The van der Waals surface area contributed by atoms with E-state index in [1.807, 2.05) is 0 Å². The zero-order valence-electron chi connectivity index (χ0n) is 13.8. The Morgan fingerprint density at radius 3 is 2.14 bits per heavy atom. The molecule has 3 rings (SSSR count). The number of carbonyl (C=O) groups excluding carboxylic acids is 2. The molecule has 4 atom stereocenters. The number of allylic oxidation sites excluding steroid dienone is 1. The molecular formula is C18H26O4. The Hall–Kier alpha value is -1.32. The van der Waals surface area contributed by atoms with Crippen LogP contribution in [0.2, 0.25) is 0 Å². The van der Waals surface area contributed by atoms with E-state index < -0.39 is 18.2 Å². The van der Waals surface area contributed by atoms with Crippen LogP contribution in [0.4, 0.5) is 0 Å². The van der Waals surface area contributed by atoms with Crippen molar-refractivity contribution >= 4 is 11.9 Å². The number of ether oxygens (including phenoxy) is 2. The Labute approximate surface area is 132 Å². The molecule has 1 unspecified atom stereocenters. The number of hydrogen-bond acceptors (Lipinski definition) is 4. The first-order valence-electron chi connectivity index (χ1n) is 8.31. The summed E-state index contributed by atoms with van der Waals surface area (Å²) in [5.41, 5.74) is 1.73. The van der Waals surface area contributed by atoms with Gasteiger partial charge >= 0.3 is 11.9 Å². The standard InChI is InChI=1S/C18H26O4/c1-10(2)16-14(17(21-11(3)19)22-12(4)20)7-13-8-18(5-6-18)9-15(13)16/h13-17H,1,5-9H2,2-4H3/t13-,14?,15+,16+/m0/s1. The molecule has 0 aromatic rings. The molecule has 0 aliphatic heterocycles. The number of hydrogen-bond donors (Lipinski definition) is 0. The predicted octanol–water partition coefficient (Wildman–Crippen LogP) is 3.46. The summed E-state index contributed by atoms with van der Waals surface area (Å²) in [6.45, 7) is 8.95. The molecule has 3 aliphatic rings. The Kier molecular flexibility index (Phi) is 3.82. The summed E-state index contributed by atoms with van der Waals surface area (Å²) in [5.74, 6) is 0.802. The van der Waals surface area contributed by atoms with E-state index in [0.717, 1.165) is 12.0 Å². The average Bonchev–Trinajstić information content (AvgIpc) is 2.87. The molecule has 3 fully saturated rings. The van der Waals surface area contributed by atoms with Gasteiger partial charge in [0.15, 0.2) is 0 Å². The number of rotatable bonds is 4. The summed E-state index contributed by atoms with van der Waals surface area (Å²) in [6, 6.07) is 0. The molecule has 0 saturated heterocycles. The number of carbonyl (C=O) groups is 2. The first kappa shape index (κ1) is 15.6. The third-order valence-electron chi connectivity index (χ3n) is 5.91. The number of fused-ring (bicyclic) bond motifs is 1. The van der Waals surface area contributed by atoms with Crippen molar-refractivity contribution in [1.82, 2.24) is 0 Å². The van der Waals surface area contributed by atoms with Gasteiger partial charge in [0.05, 0.1) is 0 Å². The van der Waals surface area contributed by atoms with Crippen molar-refractivity contribution in [3.63, 3.8) is 0 Å². The van der Waals surface area contributed by atoms with Gasteiger partial charge in [0.2, 0.25) is 0 Å². The van der Waals surface area contributed by atoms with Crippen molar-refractivity contribution in [2.75, 3.05) is 0 Å². The van der Waals surface area contributed by atoms with Crippen LogP contribution < -0.4 is 0 Å². The van der Waals surface area contributed by atoms with Crippen molar-refractivity contribution < 1.29 is 19.1 Å². The first-order valence-corrected chi connectivity index (χ1v) is 8.31. The van der Waals surface area contributed by atoms with Crippen LogP contribution in [0.5, 0.6) is 0 Å². The average molecular weight is 306 g/mol. The lowest BCUT2D eigenvalue weighted by Crippen LogP contribution is -2.34. The molecule has 0 amide bonds. The molecule has 0 bridgehead atoms. The molecule has 0 aromatic heterocycles. The minimum Gasteiger partial charge on any atom is -0.425 e. The smallest absolute Gasteiger partial charge is 0.305 e. The molecule has 4 heteroatoms. The second-order valence-corrected chi connectivity index (χ2v) is 7.69. The van der Waals surface area contributed by atoms with Crippen LogP contribution in [-0.2, 0) is 19.1 Å². The molecular weight excluding hydrogens is 280 g/mol. The maximum atomic E-state index is 11.4. The van der Waals surface area contributed by atoms with Crippen molar-refractivity contribution in [2.24, 2.45) is 29.1 Å². The van der Waals surface area contributed by atoms with Gasteiger partial charge in [0.1, 0.15) is 0 Å². The minimum atomic E-state index is -0.766.